The topological polar surface area (TPSA) is 79.2 Å². The Labute approximate surface area is 114 Å². The lowest BCUT2D eigenvalue weighted by Gasteiger charge is -2.12. The third-order valence-corrected chi connectivity index (χ3v) is 2.78. The Morgan fingerprint density at radius 1 is 1.58 bits per heavy atom. The molecule has 1 unspecified atom stereocenters. The predicted molar refractivity (Wildman–Crippen MR) is 74.9 cm³/mol. The van der Waals surface area contributed by atoms with Crippen LogP contribution in [0.5, 0.6) is 0 Å². The molecule has 1 aromatic heterocycles. The maximum absolute atomic E-state index is 11.4. The van der Waals surface area contributed by atoms with Gasteiger partial charge < -0.3 is 15.7 Å². The van der Waals surface area contributed by atoms with Gasteiger partial charge in [-0.3, -0.25) is 9.48 Å². The molecule has 1 atom stereocenters. The van der Waals surface area contributed by atoms with Crippen LogP contribution in [0.1, 0.15) is 33.1 Å². The summed E-state index contributed by atoms with van der Waals surface area (Å²) in [6.07, 6.45) is 7.06. The second-order valence-corrected chi connectivity index (χ2v) is 4.69. The molecule has 3 N–H and O–H groups in total. The van der Waals surface area contributed by atoms with Crippen LogP contribution < -0.4 is 10.6 Å². The number of anilines is 1. The van der Waals surface area contributed by atoms with Gasteiger partial charge in [0.05, 0.1) is 18.5 Å². The van der Waals surface area contributed by atoms with E-state index in [1.165, 1.54) is 12.8 Å². The van der Waals surface area contributed by atoms with E-state index >= 15 is 0 Å². The average molecular weight is 268 g/mol. The predicted octanol–water partition coefficient (Wildman–Crippen LogP) is 0.982. The van der Waals surface area contributed by atoms with Gasteiger partial charge in [-0.05, 0) is 13.3 Å². The molecule has 1 aromatic rings. The van der Waals surface area contributed by atoms with Gasteiger partial charge in [-0.15, -0.1) is 0 Å². The Morgan fingerprint density at radius 2 is 2.37 bits per heavy atom. The lowest BCUT2D eigenvalue weighted by molar-refractivity contribution is -0.122. The standard InChI is InChI=1S/C13H24N4O2/c1-3-4-5-11(2)16-12-8-15-17(9-12)10-13(19)14-6-7-18/h8-9,11,16,18H,3-7,10H2,1-2H3,(H,14,19). The van der Waals surface area contributed by atoms with Crippen LogP contribution in [0, 0.1) is 0 Å². The summed E-state index contributed by atoms with van der Waals surface area (Å²) in [5.74, 6) is -0.150. The average Bonchev–Trinajstić information content (AvgIpc) is 2.81. The number of amides is 1. The maximum atomic E-state index is 11.4. The van der Waals surface area contributed by atoms with E-state index < -0.39 is 0 Å². The van der Waals surface area contributed by atoms with Crippen LogP contribution in [0.2, 0.25) is 0 Å². The smallest absolute Gasteiger partial charge is 0.241 e. The summed E-state index contributed by atoms with van der Waals surface area (Å²) in [5, 5.41) is 18.7. The number of hydrogen-bond acceptors (Lipinski definition) is 4. The van der Waals surface area contributed by atoms with Crippen molar-refractivity contribution in [3.63, 3.8) is 0 Å². The first kappa shape index (κ1) is 15.5. The molecule has 6 nitrogen and oxygen atoms in total. The number of unbranched alkanes of at least 4 members (excludes halogenated alkanes) is 1. The number of aliphatic hydroxyl groups is 1. The van der Waals surface area contributed by atoms with Gasteiger partial charge in [0.15, 0.2) is 0 Å². The van der Waals surface area contributed by atoms with Crippen molar-refractivity contribution >= 4 is 11.6 Å². The highest BCUT2D eigenvalue weighted by Gasteiger charge is 2.06. The summed E-state index contributed by atoms with van der Waals surface area (Å²) in [5.41, 5.74) is 0.929. The Hall–Kier alpha value is -1.56. The highest BCUT2D eigenvalue weighted by atomic mass is 16.3. The Bertz CT molecular complexity index is 378. The SMILES string of the molecule is CCCCC(C)Nc1cnn(CC(=O)NCCO)c1. The first-order valence-corrected chi connectivity index (χ1v) is 6.82. The third kappa shape index (κ3) is 6.24. The van der Waals surface area contributed by atoms with Crippen LogP contribution in [-0.4, -0.2) is 40.0 Å². The van der Waals surface area contributed by atoms with E-state index in [2.05, 4.69) is 29.6 Å². The minimum atomic E-state index is -0.150. The highest BCUT2D eigenvalue weighted by Crippen LogP contribution is 2.10. The molecule has 1 heterocycles. The zero-order valence-electron chi connectivity index (χ0n) is 11.7. The first-order chi connectivity index (χ1) is 9.15. The van der Waals surface area contributed by atoms with E-state index in [0.717, 1.165) is 12.1 Å². The third-order valence-electron chi connectivity index (χ3n) is 2.78. The van der Waals surface area contributed by atoms with Gasteiger partial charge in [0.25, 0.3) is 0 Å². The van der Waals surface area contributed by atoms with E-state index in [-0.39, 0.29) is 25.6 Å². The lowest BCUT2D eigenvalue weighted by atomic mass is 10.1. The van der Waals surface area contributed by atoms with Gasteiger partial charge in [0.1, 0.15) is 6.54 Å². The molecule has 6 heteroatoms. The normalized spacial score (nSPS) is 12.2. The number of carbonyl (C=O) groups is 1. The van der Waals surface area contributed by atoms with Crippen LogP contribution in [0.3, 0.4) is 0 Å². The Kier molecular flexibility index (Phi) is 6.95. The van der Waals surface area contributed by atoms with Crippen LogP contribution in [0.4, 0.5) is 5.69 Å². The molecule has 1 amide bonds. The molecule has 0 bridgehead atoms. The number of hydrogen-bond donors (Lipinski definition) is 3. The number of nitrogens with zero attached hydrogens (tertiary/aromatic N) is 2. The number of rotatable bonds is 9. The van der Waals surface area contributed by atoms with Crippen LogP contribution in [0.15, 0.2) is 12.4 Å². The Morgan fingerprint density at radius 3 is 3.05 bits per heavy atom. The molecule has 0 fully saturated rings. The van der Waals surface area contributed by atoms with Crippen molar-refractivity contribution in [2.24, 2.45) is 0 Å². The van der Waals surface area contributed by atoms with Crippen molar-refractivity contribution in [2.45, 2.75) is 45.7 Å². The number of aromatic nitrogens is 2. The molecule has 0 saturated carbocycles. The van der Waals surface area contributed by atoms with Crippen molar-refractivity contribution < 1.29 is 9.90 Å². The zero-order valence-corrected chi connectivity index (χ0v) is 11.7. The van der Waals surface area contributed by atoms with Crippen molar-refractivity contribution in [1.29, 1.82) is 0 Å². The molecule has 0 aliphatic heterocycles. The van der Waals surface area contributed by atoms with E-state index in [1.807, 2.05) is 6.20 Å². The van der Waals surface area contributed by atoms with Crippen molar-refractivity contribution in [1.82, 2.24) is 15.1 Å². The van der Waals surface area contributed by atoms with Crippen LogP contribution in [0.25, 0.3) is 0 Å². The lowest BCUT2D eigenvalue weighted by Crippen LogP contribution is -2.30. The fourth-order valence-corrected chi connectivity index (χ4v) is 1.79. The van der Waals surface area contributed by atoms with Gasteiger partial charge in [0, 0.05) is 18.8 Å². The first-order valence-electron chi connectivity index (χ1n) is 6.82. The van der Waals surface area contributed by atoms with Gasteiger partial charge >= 0.3 is 0 Å². The quantitative estimate of drug-likeness (QED) is 0.624. The Balaban J connectivity index is 2.37. The van der Waals surface area contributed by atoms with Gasteiger partial charge in [0.2, 0.25) is 5.91 Å². The molecule has 1 rings (SSSR count). The minimum Gasteiger partial charge on any atom is -0.395 e. The highest BCUT2D eigenvalue weighted by molar-refractivity contribution is 5.75. The van der Waals surface area contributed by atoms with Crippen LogP contribution >= 0.6 is 0 Å². The van der Waals surface area contributed by atoms with E-state index in [9.17, 15) is 4.79 Å². The molecule has 108 valence electrons. The van der Waals surface area contributed by atoms with Gasteiger partial charge in [-0.25, -0.2) is 0 Å². The fraction of sp³-hybridized carbons (Fsp3) is 0.692. The fourth-order valence-electron chi connectivity index (χ4n) is 1.79. The summed E-state index contributed by atoms with van der Waals surface area (Å²) in [6, 6.07) is 0.404. The van der Waals surface area contributed by atoms with E-state index in [4.69, 9.17) is 5.11 Å². The van der Waals surface area contributed by atoms with E-state index in [1.54, 1.807) is 10.9 Å². The molecule has 0 spiro atoms. The molecule has 0 aromatic carbocycles. The monoisotopic (exact) mass is 268 g/mol. The molecule has 0 radical (unpaired) electrons. The summed E-state index contributed by atoms with van der Waals surface area (Å²) in [7, 11) is 0. The number of carbonyl (C=O) groups excluding carboxylic acids is 1. The van der Waals surface area contributed by atoms with Crippen molar-refractivity contribution in [3.05, 3.63) is 12.4 Å². The molecule has 0 saturated heterocycles. The molecular weight excluding hydrogens is 244 g/mol. The maximum Gasteiger partial charge on any atom is 0.241 e. The van der Waals surface area contributed by atoms with Gasteiger partial charge in [-0.1, -0.05) is 19.8 Å². The second-order valence-electron chi connectivity index (χ2n) is 4.69. The molecular formula is C13H24N4O2. The van der Waals surface area contributed by atoms with Crippen molar-refractivity contribution in [3.8, 4) is 0 Å². The number of aliphatic hydroxyl groups excluding tert-OH is 1. The van der Waals surface area contributed by atoms with Crippen molar-refractivity contribution in [2.75, 3.05) is 18.5 Å². The summed E-state index contributed by atoms with van der Waals surface area (Å²) in [6.45, 7) is 4.72. The number of nitrogens with one attached hydrogen (secondary N) is 2. The summed E-state index contributed by atoms with van der Waals surface area (Å²) in [4.78, 5) is 11.4. The van der Waals surface area contributed by atoms with E-state index in [0.29, 0.717) is 6.04 Å². The molecule has 19 heavy (non-hydrogen) atoms. The molecule has 0 aliphatic carbocycles. The minimum absolute atomic E-state index is 0.0490. The zero-order chi connectivity index (χ0) is 14.1. The van der Waals surface area contributed by atoms with Gasteiger partial charge in [-0.2, -0.15) is 5.10 Å². The largest absolute Gasteiger partial charge is 0.395 e. The summed E-state index contributed by atoms with van der Waals surface area (Å²) >= 11 is 0. The summed E-state index contributed by atoms with van der Waals surface area (Å²) < 4.78 is 1.58. The second kappa shape index (κ2) is 8.53. The van der Waals surface area contributed by atoms with Crippen LogP contribution in [-0.2, 0) is 11.3 Å². The molecule has 0 aliphatic rings.